The molecule has 0 atom stereocenters. The first-order chi connectivity index (χ1) is 9.33. The molecule has 2 aromatic rings. The molecule has 19 heavy (non-hydrogen) atoms. The molecule has 1 aromatic heterocycles. The van der Waals surface area contributed by atoms with E-state index in [-0.39, 0.29) is 0 Å². The van der Waals surface area contributed by atoms with Gasteiger partial charge in [0.1, 0.15) is 0 Å². The van der Waals surface area contributed by atoms with Crippen molar-refractivity contribution < 1.29 is 0 Å². The lowest BCUT2D eigenvalue weighted by atomic mass is 9.98. The molecule has 0 amide bonds. The van der Waals surface area contributed by atoms with Gasteiger partial charge in [-0.1, -0.05) is 12.1 Å². The van der Waals surface area contributed by atoms with E-state index < -0.39 is 0 Å². The minimum Gasteiger partial charge on any atom is -0.398 e. The van der Waals surface area contributed by atoms with Crippen LogP contribution in [0.3, 0.4) is 0 Å². The third-order valence-corrected chi connectivity index (χ3v) is 3.85. The fourth-order valence-corrected chi connectivity index (χ4v) is 2.69. The van der Waals surface area contributed by atoms with Crippen molar-refractivity contribution >= 4 is 5.69 Å². The van der Waals surface area contributed by atoms with Gasteiger partial charge in [-0.25, -0.2) is 0 Å². The van der Waals surface area contributed by atoms with Crippen LogP contribution in [0.5, 0.6) is 0 Å². The summed E-state index contributed by atoms with van der Waals surface area (Å²) in [5, 5.41) is 0. The topological polar surface area (TPSA) is 42.1 Å². The Morgan fingerprint density at radius 3 is 2.84 bits per heavy atom. The molecule has 0 aliphatic carbocycles. The molecular formula is C16H19N3. The van der Waals surface area contributed by atoms with Crippen molar-refractivity contribution in [1.82, 2.24) is 9.88 Å². The van der Waals surface area contributed by atoms with E-state index in [1.807, 2.05) is 18.5 Å². The van der Waals surface area contributed by atoms with Gasteiger partial charge in [0.15, 0.2) is 0 Å². The van der Waals surface area contributed by atoms with E-state index in [1.54, 1.807) is 0 Å². The van der Waals surface area contributed by atoms with Crippen molar-refractivity contribution in [1.29, 1.82) is 0 Å². The first-order valence-corrected chi connectivity index (χ1v) is 6.80. The third kappa shape index (κ3) is 2.76. The van der Waals surface area contributed by atoms with Crippen molar-refractivity contribution in [3.8, 4) is 0 Å². The molecule has 0 saturated heterocycles. The van der Waals surface area contributed by atoms with E-state index in [1.165, 1.54) is 16.7 Å². The first-order valence-electron chi connectivity index (χ1n) is 6.80. The Bertz CT molecular complexity index is 551. The Labute approximate surface area is 114 Å². The predicted molar refractivity (Wildman–Crippen MR) is 77.8 cm³/mol. The quantitative estimate of drug-likeness (QED) is 0.853. The highest BCUT2D eigenvalue weighted by atomic mass is 15.1. The molecule has 0 bridgehead atoms. The molecule has 1 aliphatic rings. The SMILES string of the molecule is Nc1cccc2c1CN(CCc1ccncc1)CC2. The molecular weight excluding hydrogens is 234 g/mol. The molecule has 1 aliphatic heterocycles. The van der Waals surface area contributed by atoms with Crippen LogP contribution >= 0.6 is 0 Å². The van der Waals surface area contributed by atoms with Crippen LogP contribution in [0.4, 0.5) is 5.69 Å². The van der Waals surface area contributed by atoms with Gasteiger partial charge in [0.25, 0.3) is 0 Å². The van der Waals surface area contributed by atoms with Gasteiger partial charge in [0, 0.05) is 37.7 Å². The van der Waals surface area contributed by atoms with E-state index in [0.717, 1.165) is 38.2 Å². The highest BCUT2D eigenvalue weighted by Crippen LogP contribution is 2.24. The molecule has 98 valence electrons. The van der Waals surface area contributed by atoms with E-state index in [9.17, 15) is 0 Å². The Hall–Kier alpha value is -1.87. The molecule has 2 N–H and O–H groups in total. The number of nitrogens with two attached hydrogens (primary N) is 1. The number of benzene rings is 1. The summed E-state index contributed by atoms with van der Waals surface area (Å²) in [6.45, 7) is 3.19. The summed E-state index contributed by atoms with van der Waals surface area (Å²) >= 11 is 0. The van der Waals surface area contributed by atoms with Gasteiger partial charge in [-0.15, -0.1) is 0 Å². The van der Waals surface area contributed by atoms with Crippen LogP contribution in [0.25, 0.3) is 0 Å². The Balaban J connectivity index is 1.64. The van der Waals surface area contributed by atoms with Crippen LogP contribution in [-0.4, -0.2) is 23.0 Å². The van der Waals surface area contributed by atoms with Crippen LogP contribution in [0.2, 0.25) is 0 Å². The number of pyridine rings is 1. The number of aromatic nitrogens is 1. The highest BCUT2D eigenvalue weighted by molar-refractivity contribution is 5.51. The number of hydrogen-bond acceptors (Lipinski definition) is 3. The van der Waals surface area contributed by atoms with Gasteiger partial charge >= 0.3 is 0 Å². The van der Waals surface area contributed by atoms with E-state index in [0.29, 0.717) is 0 Å². The van der Waals surface area contributed by atoms with Crippen molar-refractivity contribution in [2.75, 3.05) is 18.8 Å². The fourth-order valence-electron chi connectivity index (χ4n) is 2.69. The van der Waals surface area contributed by atoms with Gasteiger partial charge in [-0.3, -0.25) is 9.88 Å². The second-order valence-corrected chi connectivity index (χ2v) is 5.12. The zero-order chi connectivity index (χ0) is 13.1. The molecule has 0 spiro atoms. The lowest BCUT2D eigenvalue weighted by Crippen LogP contribution is -2.32. The summed E-state index contributed by atoms with van der Waals surface area (Å²) in [5.74, 6) is 0. The molecule has 0 radical (unpaired) electrons. The maximum Gasteiger partial charge on any atom is 0.0362 e. The lowest BCUT2D eigenvalue weighted by Gasteiger charge is -2.29. The van der Waals surface area contributed by atoms with Gasteiger partial charge in [-0.2, -0.15) is 0 Å². The maximum absolute atomic E-state index is 6.08. The van der Waals surface area contributed by atoms with Gasteiger partial charge in [-0.05, 0) is 47.7 Å². The molecule has 3 heteroatoms. The first kappa shape index (κ1) is 12.2. The zero-order valence-corrected chi connectivity index (χ0v) is 11.0. The summed E-state index contributed by atoms with van der Waals surface area (Å²) in [6.07, 6.45) is 5.90. The monoisotopic (exact) mass is 253 g/mol. The molecule has 2 heterocycles. The summed E-state index contributed by atoms with van der Waals surface area (Å²) in [7, 11) is 0. The maximum atomic E-state index is 6.08. The van der Waals surface area contributed by atoms with Crippen molar-refractivity contribution in [2.45, 2.75) is 19.4 Å². The summed E-state index contributed by atoms with van der Waals surface area (Å²) in [5.41, 5.74) is 11.1. The molecule has 0 fully saturated rings. The number of rotatable bonds is 3. The zero-order valence-electron chi connectivity index (χ0n) is 11.0. The van der Waals surface area contributed by atoms with Gasteiger partial charge in [0.05, 0.1) is 0 Å². The van der Waals surface area contributed by atoms with Crippen molar-refractivity contribution in [3.05, 3.63) is 59.4 Å². The van der Waals surface area contributed by atoms with Crippen LogP contribution < -0.4 is 5.73 Å². The van der Waals surface area contributed by atoms with Gasteiger partial charge in [0.2, 0.25) is 0 Å². The summed E-state index contributed by atoms with van der Waals surface area (Å²) in [6, 6.07) is 10.4. The predicted octanol–water partition coefficient (Wildman–Crippen LogP) is 2.26. The standard InChI is InChI=1S/C16H19N3/c17-16-3-1-2-14-7-11-19(12-15(14)16)10-6-13-4-8-18-9-5-13/h1-5,8-9H,6-7,10-12,17H2. The lowest BCUT2D eigenvalue weighted by molar-refractivity contribution is 0.258. The van der Waals surface area contributed by atoms with E-state index in [2.05, 4.69) is 34.1 Å². The molecule has 3 nitrogen and oxygen atoms in total. The Kier molecular flexibility index (Phi) is 3.47. The van der Waals surface area contributed by atoms with Crippen molar-refractivity contribution in [2.24, 2.45) is 0 Å². The normalized spacial score (nSPS) is 15.2. The number of nitrogens with zero attached hydrogens (tertiary/aromatic N) is 2. The van der Waals surface area contributed by atoms with Crippen molar-refractivity contribution in [3.63, 3.8) is 0 Å². The number of anilines is 1. The molecule has 1 aromatic carbocycles. The summed E-state index contributed by atoms with van der Waals surface area (Å²) < 4.78 is 0. The average molecular weight is 253 g/mol. The average Bonchev–Trinajstić information content (AvgIpc) is 2.47. The van der Waals surface area contributed by atoms with Crippen LogP contribution in [-0.2, 0) is 19.4 Å². The Morgan fingerprint density at radius 1 is 1.16 bits per heavy atom. The third-order valence-electron chi connectivity index (χ3n) is 3.85. The molecule has 0 saturated carbocycles. The second kappa shape index (κ2) is 5.41. The molecule has 0 unspecified atom stereocenters. The number of hydrogen-bond donors (Lipinski definition) is 1. The van der Waals surface area contributed by atoms with Crippen LogP contribution in [0.15, 0.2) is 42.7 Å². The largest absolute Gasteiger partial charge is 0.398 e. The molecule has 3 rings (SSSR count). The van der Waals surface area contributed by atoms with E-state index >= 15 is 0 Å². The minimum absolute atomic E-state index is 0.936. The van der Waals surface area contributed by atoms with Crippen LogP contribution in [0.1, 0.15) is 16.7 Å². The number of fused-ring (bicyclic) bond motifs is 1. The second-order valence-electron chi connectivity index (χ2n) is 5.12. The van der Waals surface area contributed by atoms with Gasteiger partial charge < -0.3 is 5.73 Å². The highest BCUT2D eigenvalue weighted by Gasteiger charge is 2.17. The van der Waals surface area contributed by atoms with E-state index in [4.69, 9.17) is 5.73 Å². The Morgan fingerprint density at radius 2 is 2.00 bits per heavy atom. The fraction of sp³-hybridized carbons (Fsp3) is 0.312. The minimum atomic E-state index is 0.936. The van der Waals surface area contributed by atoms with Crippen LogP contribution in [0, 0.1) is 0 Å². The number of nitrogen functional groups attached to an aromatic ring is 1. The smallest absolute Gasteiger partial charge is 0.0362 e. The summed E-state index contributed by atoms with van der Waals surface area (Å²) in [4.78, 5) is 6.54.